The Labute approximate surface area is 56.5 Å². The van der Waals surface area contributed by atoms with Crippen molar-refractivity contribution in [2.45, 2.75) is 6.42 Å². The second-order valence-corrected chi connectivity index (χ2v) is 2.98. The molecule has 2 heteroatoms. The van der Waals surface area contributed by atoms with Gasteiger partial charge in [0.1, 0.15) is 0 Å². The quantitative estimate of drug-likeness (QED) is 0.477. The average Bonchev–Trinajstić information content (AvgIpc) is 2.15. The summed E-state index contributed by atoms with van der Waals surface area (Å²) in [6.45, 7) is 2.76. The van der Waals surface area contributed by atoms with E-state index in [9.17, 15) is 0 Å². The molecule has 0 amide bonds. The molecule has 2 atom stereocenters. The first-order valence-electron chi connectivity index (χ1n) is 3.05. The molecular weight excluding hydrogens is 122 g/mol. The summed E-state index contributed by atoms with van der Waals surface area (Å²) in [6, 6.07) is 0. The third kappa shape index (κ3) is 0.848. The summed E-state index contributed by atoms with van der Waals surface area (Å²) in [5.74, 6) is 2.23. The lowest BCUT2D eigenvalue weighted by Crippen LogP contribution is -2.15. The van der Waals surface area contributed by atoms with Crippen molar-refractivity contribution in [1.29, 1.82) is 0 Å². The van der Waals surface area contributed by atoms with Crippen LogP contribution < -0.4 is 0 Å². The van der Waals surface area contributed by atoms with Crippen LogP contribution in [0.5, 0.6) is 0 Å². The van der Waals surface area contributed by atoms with Crippen molar-refractivity contribution in [2.24, 2.45) is 11.8 Å². The van der Waals surface area contributed by atoms with Crippen LogP contribution in [-0.2, 0) is 0 Å². The van der Waals surface area contributed by atoms with Gasteiger partial charge in [-0.3, -0.25) is 0 Å². The van der Waals surface area contributed by atoms with Crippen molar-refractivity contribution in [1.82, 2.24) is 4.90 Å². The highest BCUT2D eigenvalue weighted by atomic mass is 35.5. The van der Waals surface area contributed by atoms with Gasteiger partial charge in [0.05, 0.1) is 0 Å². The van der Waals surface area contributed by atoms with E-state index in [1.165, 1.54) is 19.5 Å². The molecule has 0 aromatic heterocycles. The molecule has 1 nitrogen and oxygen atoms in total. The van der Waals surface area contributed by atoms with Crippen LogP contribution in [0.4, 0.5) is 0 Å². The van der Waals surface area contributed by atoms with Crippen molar-refractivity contribution in [2.75, 3.05) is 20.1 Å². The molecule has 1 aliphatic carbocycles. The van der Waals surface area contributed by atoms with E-state index in [2.05, 4.69) is 11.9 Å². The summed E-state index contributed by atoms with van der Waals surface area (Å²) in [4.78, 5) is 2.43. The van der Waals surface area contributed by atoms with Gasteiger partial charge in [-0.15, -0.1) is 12.4 Å². The monoisotopic (exact) mass is 133 g/mol. The predicted octanol–water partition coefficient (Wildman–Crippen LogP) is 0.990. The maximum atomic E-state index is 2.43. The molecule has 2 rings (SSSR count). The summed E-state index contributed by atoms with van der Waals surface area (Å²) in [5.41, 5.74) is 0. The summed E-state index contributed by atoms with van der Waals surface area (Å²) in [5, 5.41) is 0. The SMILES string of the molecule is CN1CC2CC2C1.Cl. The first-order valence-corrected chi connectivity index (χ1v) is 3.05. The summed E-state index contributed by atoms with van der Waals surface area (Å²) < 4.78 is 0. The molecular formula is C6H12ClN. The Morgan fingerprint density at radius 1 is 1.25 bits per heavy atom. The van der Waals surface area contributed by atoms with Gasteiger partial charge < -0.3 is 4.90 Å². The van der Waals surface area contributed by atoms with Crippen LogP contribution in [0.25, 0.3) is 0 Å². The van der Waals surface area contributed by atoms with Gasteiger partial charge in [-0.1, -0.05) is 0 Å². The zero-order chi connectivity index (χ0) is 4.85. The molecule has 2 aliphatic rings. The standard InChI is InChI=1S/C6H11N.ClH/c1-7-3-5-2-6(5)4-7;/h5-6H,2-4H2,1H3;1H. The number of halogens is 1. The number of hydrogen-bond acceptors (Lipinski definition) is 1. The number of likely N-dealkylation sites (tertiary alicyclic amines) is 1. The van der Waals surface area contributed by atoms with Crippen LogP contribution >= 0.6 is 12.4 Å². The zero-order valence-corrected chi connectivity index (χ0v) is 5.95. The lowest BCUT2D eigenvalue weighted by molar-refractivity contribution is 0.373. The first-order chi connectivity index (χ1) is 3.36. The zero-order valence-electron chi connectivity index (χ0n) is 5.13. The maximum absolute atomic E-state index is 2.43. The van der Waals surface area contributed by atoms with Gasteiger partial charge in [0.2, 0.25) is 0 Å². The lowest BCUT2D eigenvalue weighted by atomic mass is 10.4. The minimum atomic E-state index is 0. The smallest absolute Gasteiger partial charge is 0.000997 e. The van der Waals surface area contributed by atoms with Gasteiger partial charge in [0.15, 0.2) is 0 Å². The molecule has 0 N–H and O–H groups in total. The van der Waals surface area contributed by atoms with Crippen LogP contribution in [0.1, 0.15) is 6.42 Å². The Morgan fingerprint density at radius 3 is 2.00 bits per heavy atom. The third-order valence-electron chi connectivity index (χ3n) is 2.16. The molecule has 1 heterocycles. The van der Waals surface area contributed by atoms with Gasteiger partial charge in [-0.05, 0) is 25.3 Å². The van der Waals surface area contributed by atoms with Crippen LogP contribution in [-0.4, -0.2) is 25.0 Å². The first kappa shape index (κ1) is 6.37. The largest absolute Gasteiger partial charge is 0.306 e. The molecule has 0 spiro atoms. The van der Waals surface area contributed by atoms with Crippen LogP contribution in [0, 0.1) is 11.8 Å². The molecule has 8 heavy (non-hydrogen) atoms. The fourth-order valence-corrected chi connectivity index (χ4v) is 1.63. The summed E-state index contributed by atoms with van der Waals surface area (Å²) in [7, 11) is 2.21. The van der Waals surface area contributed by atoms with Crippen LogP contribution in [0.2, 0.25) is 0 Å². The topological polar surface area (TPSA) is 3.24 Å². The Balaban J connectivity index is 0.000000320. The minimum absolute atomic E-state index is 0. The number of fused-ring (bicyclic) bond motifs is 1. The lowest BCUT2D eigenvalue weighted by Gasteiger charge is -2.06. The minimum Gasteiger partial charge on any atom is -0.306 e. The van der Waals surface area contributed by atoms with E-state index < -0.39 is 0 Å². The fraction of sp³-hybridized carbons (Fsp3) is 1.00. The Bertz CT molecular complexity index is 84.5. The highest BCUT2D eigenvalue weighted by Crippen LogP contribution is 2.43. The van der Waals surface area contributed by atoms with Crippen molar-refractivity contribution >= 4 is 12.4 Å². The highest BCUT2D eigenvalue weighted by molar-refractivity contribution is 5.85. The molecule has 0 bridgehead atoms. The fourth-order valence-electron chi connectivity index (χ4n) is 1.63. The number of rotatable bonds is 0. The van der Waals surface area contributed by atoms with Crippen molar-refractivity contribution in [3.05, 3.63) is 0 Å². The van der Waals surface area contributed by atoms with E-state index in [0.717, 1.165) is 11.8 Å². The van der Waals surface area contributed by atoms with Crippen LogP contribution in [0.3, 0.4) is 0 Å². The Hall–Kier alpha value is 0.250. The van der Waals surface area contributed by atoms with Gasteiger partial charge >= 0.3 is 0 Å². The van der Waals surface area contributed by atoms with Gasteiger partial charge in [-0.2, -0.15) is 0 Å². The molecule has 1 aliphatic heterocycles. The summed E-state index contributed by atoms with van der Waals surface area (Å²) in [6.07, 6.45) is 1.53. The van der Waals surface area contributed by atoms with Crippen LogP contribution in [0.15, 0.2) is 0 Å². The second-order valence-electron chi connectivity index (χ2n) is 2.98. The van der Waals surface area contributed by atoms with E-state index in [4.69, 9.17) is 0 Å². The number of nitrogens with zero attached hydrogens (tertiary/aromatic N) is 1. The van der Waals surface area contributed by atoms with Gasteiger partial charge in [0.25, 0.3) is 0 Å². The number of piperidine rings is 1. The van der Waals surface area contributed by atoms with E-state index >= 15 is 0 Å². The molecule has 0 aromatic rings. The van der Waals surface area contributed by atoms with E-state index in [1.54, 1.807) is 0 Å². The predicted molar refractivity (Wildman–Crippen MR) is 36.3 cm³/mol. The third-order valence-corrected chi connectivity index (χ3v) is 2.16. The average molecular weight is 134 g/mol. The molecule has 0 aromatic carbocycles. The molecule has 2 fully saturated rings. The Morgan fingerprint density at radius 2 is 1.75 bits per heavy atom. The molecule has 1 saturated carbocycles. The van der Waals surface area contributed by atoms with E-state index in [0.29, 0.717) is 0 Å². The van der Waals surface area contributed by atoms with Gasteiger partial charge in [-0.25, -0.2) is 0 Å². The van der Waals surface area contributed by atoms with Gasteiger partial charge in [0, 0.05) is 13.1 Å². The molecule has 48 valence electrons. The molecule has 0 radical (unpaired) electrons. The maximum Gasteiger partial charge on any atom is 0.000997 e. The highest BCUT2D eigenvalue weighted by Gasteiger charge is 2.43. The summed E-state index contributed by atoms with van der Waals surface area (Å²) >= 11 is 0. The Kier molecular flexibility index (Phi) is 1.50. The van der Waals surface area contributed by atoms with E-state index in [-0.39, 0.29) is 12.4 Å². The van der Waals surface area contributed by atoms with E-state index in [1.807, 2.05) is 0 Å². The molecule has 2 unspecified atom stereocenters. The van der Waals surface area contributed by atoms with Crippen molar-refractivity contribution in [3.8, 4) is 0 Å². The number of hydrogen-bond donors (Lipinski definition) is 0. The van der Waals surface area contributed by atoms with Crippen molar-refractivity contribution < 1.29 is 0 Å². The second kappa shape index (κ2) is 1.89. The molecule has 1 saturated heterocycles. The normalized spacial score (nSPS) is 43.1. The van der Waals surface area contributed by atoms with Crippen molar-refractivity contribution in [3.63, 3.8) is 0 Å².